The predicted molar refractivity (Wildman–Crippen MR) is 125 cm³/mol. The Morgan fingerprint density at radius 1 is 1.29 bits per heavy atom. The van der Waals surface area contributed by atoms with Crippen LogP contribution in [0.2, 0.25) is 0 Å². The molecule has 0 aliphatic carbocycles. The Labute approximate surface area is 206 Å². The number of likely N-dealkylation sites (N-methyl/N-ethyl adjacent to an activating group) is 2. The quantitative estimate of drug-likeness (QED) is 0.365. The number of hydrogen-bond acceptors (Lipinski definition) is 8. The van der Waals surface area contributed by atoms with E-state index in [2.05, 4.69) is 20.8 Å². The van der Waals surface area contributed by atoms with E-state index < -0.39 is 23.8 Å². The molecule has 3 aromatic rings. The maximum absolute atomic E-state index is 14.6. The van der Waals surface area contributed by atoms with Gasteiger partial charge in [0, 0.05) is 30.4 Å². The van der Waals surface area contributed by atoms with Crippen LogP contribution < -0.4 is 10.6 Å². The Hall–Kier alpha value is -2.58. The smallest absolute Gasteiger partial charge is 0.377 e. The molecular weight excluding hydrogens is 508 g/mol. The van der Waals surface area contributed by atoms with E-state index in [0.717, 1.165) is 11.3 Å². The highest BCUT2D eigenvalue weighted by atomic mass is 32.2. The number of nitrogens with zero attached hydrogens (tertiary/aromatic N) is 4. The normalized spacial score (nSPS) is 23.8. The number of thioether (sulfide) groups is 1. The summed E-state index contributed by atoms with van der Waals surface area (Å²) in [7, 11) is 3.51. The molecule has 4 heterocycles. The minimum Gasteiger partial charge on any atom is -0.377 e. The van der Waals surface area contributed by atoms with Gasteiger partial charge in [-0.1, -0.05) is 17.3 Å². The lowest BCUT2D eigenvalue weighted by atomic mass is 10.0. The molecule has 0 radical (unpaired) electrons. The zero-order valence-electron chi connectivity index (χ0n) is 18.7. The third kappa shape index (κ3) is 4.91. The molecule has 2 saturated heterocycles. The number of urea groups is 1. The van der Waals surface area contributed by atoms with Crippen molar-refractivity contribution in [3.05, 3.63) is 24.1 Å². The monoisotopic (exact) mass is 530 g/mol. The number of thiophene rings is 1. The summed E-state index contributed by atoms with van der Waals surface area (Å²) in [6, 6.07) is 3.64. The van der Waals surface area contributed by atoms with Gasteiger partial charge in [0.05, 0.1) is 27.9 Å². The third-order valence-corrected chi connectivity index (χ3v) is 8.23. The van der Waals surface area contributed by atoms with Gasteiger partial charge in [-0.25, -0.2) is 9.18 Å². The Balaban J connectivity index is 1.54. The van der Waals surface area contributed by atoms with E-state index in [9.17, 15) is 22.4 Å². The van der Waals surface area contributed by atoms with E-state index in [1.165, 1.54) is 4.90 Å². The van der Waals surface area contributed by atoms with E-state index in [1.807, 2.05) is 11.9 Å². The molecule has 188 valence electrons. The zero-order valence-corrected chi connectivity index (χ0v) is 20.4. The average Bonchev–Trinajstić information content (AvgIpc) is 3.48. The molecule has 2 aliphatic rings. The summed E-state index contributed by atoms with van der Waals surface area (Å²) in [6.07, 6.45) is -0.683. The molecule has 2 amide bonds. The lowest BCUT2D eigenvalue weighted by molar-refractivity contribution is -0.0327. The Morgan fingerprint density at radius 2 is 2.09 bits per heavy atom. The number of nitrogens with one attached hydrogen (secondary N) is 2. The number of halogens is 4. The van der Waals surface area contributed by atoms with Crippen LogP contribution >= 0.6 is 23.1 Å². The van der Waals surface area contributed by atoms with E-state index in [1.54, 1.807) is 25.2 Å². The Bertz CT molecular complexity index is 1250. The molecule has 0 unspecified atom stereocenters. The molecule has 2 aromatic heterocycles. The molecular formula is C21H22F4N6O2S2. The number of alkyl halides is 4. The van der Waals surface area contributed by atoms with Gasteiger partial charge in [0.2, 0.25) is 5.82 Å². The van der Waals surface area contributed by atoms with Crippen molar-refractivity contribution in [2.75, 3.05) is 39.0 Å². The molecule has 0 saturated carbocycles. The minimum atomic E-state index is -4.54. The van der Waals surface area contributed by atoms with Crippen molar-refractivity contribution in [3.63, 3.8) is 0 Å². The first-order valence-electron chi connectivity index (χ1n) is 10.8. The number of likely N-dealkylation sites (tertiary alicyclic amines) is 1. The van der Waals surface area contributed by atoms with Gasteiger partial charge in [-0.05, 0) is 31.3 Å². The molecule has 3 atom stereocenters. The van der Waals surface area contributed by atoms with Gasteiger partial charge in [0.25, 0.3) is 5.89 Å². The van der Waals surface area contributed by atoms with E-state index in [0.29, 0.717) is 41.8 Å². The van der Waals surface area contributed by atoms with E-state index in [4.69, 9.17) is 4.52 Å². The van der Waals surface area contributed by atoms with Crippen LogP contribution in [0, 0.1) is 0 Å². The summed E-state index contributed by atoms with van der Waals surface area (Å²) < 4.78 is 61.0. The topological polar surface area (TPSA) is 86.5 Å². The number of aromatic nitrogens is 2. The molecule has 0 spiro atoms. The first-order valence-corrected chi connectivity index (χ1v) is 12.5. The number of benzene rings is 1. The van der Waals surface area contributed by atoms with Crippen molar-refractivity contribution in [2.24, 2.45) is 0 Å². The number of fused-ring (bicyclic) bond motifs is 1. The van der Waals surface area contributed by atoms with Gasteiger partial charge in [0.1, 0.15) is 12.2 Å². The summed E-state index contributed by atoms with van der Waals surface area (Å²) >= 11 is 0.847. The second kappa shape index (κ2) is 9.13. The van der Waals surface area contributed by atoms with Gasteiger partial charge < -0.3 is 25.0 Å². The van der Waals surface area contributed by atoms with Crippen LogP contribution in [-0.4, -0.2) is 77.4 Å². The summed E-state index contributed by atoms with van der Waals surface area (Å²) in [5, 5.41) is 10.2. The molecule has 0 bridgehead atoms. The fourth-order valence-electron chi connectivity index (χ4n) is 4.27. The molecule has 8 nitrogen and oxygen atoms in total. The van der Waals surface area contributed by atoms with E-state index in [-0.39, 0.29) is 39.3 Å². The van der Waals surface area contributed by atoms with Gasteiger partial charge in [-0.3, -0.25) is 0 Å². The first-order chi connectivity index (χ1) is 16.6. The number of hydrogen-bond donors (Lipinski definition) is 2. The Kier molecular flexibility index (Phi) is 6.30. The largest absolute Gasteiger partial charge is 0.446 e. The second-order valence-electron chi connectivity index (χ2n) is 8.65. The summed E-state index contributed by atoms with van der Waals surface area (Å²) in [6.45, 7) is 1.43. The lowest BCUT2D eigenvalue weighted by Gasteiger charge is -2.33. The standard InChI is InChI=1S/C21H22F4N6O2S2/c1-30-7-6-11(22)13(8-30)26-12-5-3-4-10-15(12)34-17(16(10)35-21(23,24)25)18-28-19(33-29-18)14-9-31(2)20(32)27-14/h3-5,11,13-14,26H,6-9H2,1-2H3,(H,27,32)/t11-,13+,14+/m0/s1. The van der Waals surface area contributed by atoms with Crippen LogP contribution in [0.5, 0.6) is 0 Å². The highest BCUT2D eigenvalue weighted by Crippen LogP contribution is 2.50. The first kappa shape index (κ1) is 24.1. The van der Waals surface area contributed by atoms with Crippen LogP contribution in [-0.2, 0) is 0 Å². The van der Waals surface area contributed by atoms with Gasteiger partial charge >= 0.3 is 11.5 Å². The second-order valence-corrected chi connectivity index (χ2v) is 10.7. The molecule has 35 heavy (non-hydrogen) atoms. The maximum Gasteiger partial charge on any atom is 0.446 e. The van der Waals surface area contributed by atoms with Crippen molar-refractivity contribution < 1.29 is 26.9 Å². The highest BCUT2D eigenvalue weighted by Gasteiger charge is 2.36. The fraction of sp³-hybridized carbons (Fsp3) is 0.476. The lowest BCUT2D eigenvalue weighted by Crippen LogP contribution is -2.47. The molecule has 14 heteroatoms. The van der Waals surface area contributed by atoms with Crippen LogP contribution in [0.15, 0.2) is 27.6 Å². The Morgan fingerprint density at radius 3 is 2.80 bits per heavy atom. The van der Waals surface area contributed by atoms with Crippen molar-refractivity contribution >= 4 is 44.9 Å². The minimum absolute atomic E-state index is 0.00321. The summed E-state index contributed by atoms with van der Waals surface area (Å²) in [4.78, 5) is 19.7. The van der Waals surface area contributed by atoms with Gasteiger partial charge in [-0.2, -0.15) is 18.2 Å². The van der Waals surface area contributed by atoms with Crippen molar-refractivity contribution in [1.29, 1.82) is 0 Å². The predicted octanol–water partition coefficient (Wildman–Crippen LogP) is 4.71. The number of amides is 2. The van der Waals surface area contributed by atoms with Crippen molar-refractivity contribution in [3.8, 4) is 10.7 Å². The number of carbonyl (C=O) groups excluding carboxylic acids is 1. The van der Waals surface area contributed by atoms with E-state index >= 15 is 0 Å². The number of carbonyl (C=O) groups is 1. The molecule has 1 aromatic carbocycles. The number of piperidine rings is 1. The van der Waals surface area contributed by atoms with Crippen LogP contribution in [0.1, 0.15) is 18.4 Å². The van der Waals surface area contributed by atoms with Gasteiger partial charge in [-0.15, -0.1) is 11.3 Å². The van der Waals surface area contributed by atoms with Crippen LogP contribution in [0.25, 0.3) is 20.8 Å². The summed E-state index contributed by atoms with van der Waals surface area (Å²) in [5.74, 6) is 0.116. The molecule has 2 N–H and O–H groups in total. The summed E-state index contributed by atoms with van der Waals surface area (Å²) in [5.41, 5.74) is -3.99. The maximum atomic E-state index is 14.6. The number of anilines is 1. The highest BCUT2D eigenvalue weighted by molar-refractivity contribution is 8.00. The van der Waals surface area contributed by atoms with Crippen LogP contribution in [0.4, 0.5) is 28.0 Å². The molecule has 5 rings (SSSR count). The third-order valence-electron chi connectivity index (χ3n) is 6.00. The average molecular weight is 531 g/mol. The fourth-order valence-corrected chi connectivity index (χ4v) is 6.38. The van der Waals surface area contributed by atoms with Crippen molar-refractivity contribution in [2.45, 2.75) is 35.1 Å². The zero-order chi connectivity index (χ0) is 24.9. The number of rotatable bonds is 5. The van der Waals surface area contributed by atoms with Gasteiger partial charge in [0.15, 0.2) is 0 Å². The SMILES string of the molecule is CN1CC[C@H](F)[C@H](Nc2cccc3c(SC(F)(F)F)c(-c4noc([C@H]5CN(C)C(=O)N5)n4)sc23)C1. The van der Waals surface area contributed by atoms with Crippen LogP contribution in [0.3, 0.4) is 0 Å². The van der Waals surface area contributed by atoms with Crippen molar-refractivity contribution in [1.82, 2.24) is 25.3 Å². The molecule has 2 fully saturated rings. The molecule has 2 aliphatic heterocycles.